The first kappa shape index (κ1) is 15.1. The van der Waals surface area contributed by atoms with E-state index in [4.69, 9.17) is 15.2 Å². The molecule has 0 aliphatic carbocycles. The Kier molecular flexibility index (Phi) is 5.25. The van der Waals surface area contributed by atoms with Crippen LogP contribution in [0.4, 0.5) is 0 Å². The Balaban J connectivity index is 2.25. The lowest BCUT2D eigenvalue weighted by molar-refractivity contribution is -0.127. The summed E-state index contributed by atoms with van der Waals surface area (Å²) in [5.41, 5.74) is 6.57. The molecule has 0 aromatic heterocycles. The number of benzene rings is 1. The summed E-state index contributed by atoms with van der Waals surface area (Å²) in [6.45, 7) is 1.13. The number of hydrogen-bond acceptors (Lipinski definition) is 4. The number of rotatable bonds is 4. The molecule has 110 valence electrons. The molecule has 1 aromatic rings. The van der Waals surface area contributed by atoms with Crippen LogP contribution in [0.5, 0.6) is 11.5 Å². The minimum absolute atomic E-state index is 0.0700. The molecule has 1 unspecified atom stereocenters. The maximum Gasteiger partial charge on any atom is 0.261 e. The number of nitrogens with one attached hydrogen (secondary N) is 1. The summed E-state index contributed by atoms with van der Waals surface area (Å²) in [5, 5.41) is 2.85. The fourth-order valence-corrected chi connectivity index (χ4v) is 2.75. The number of ether oxygens (including phenoxy) is 2. The fourth-order valence-electron chi connectivity index (χ4n) is 2.17. The predicted octanol–water partition coefficient (Wildman–Crippen LogP) is 1.96. The van der Waals surface area contributed by atoms with E-state index in [1.807, 2.05) is 12.1 Å². The maximum absolute atomic E-state index is 11.9. The number of carbonyl (C=O) groups excluding carboxylic acids is 1. The van der Waals surface area contributed by atoms with Crippen LogP contribution in [0.2, 0.25) is 0 Å². The van der Waals surface area contributed by atoms with E-state index in [0.29, 0.717) is 31.0 Å². The van der Waals surface area contributed by atoms with Crippen molar-refractivity contribution in [2.75, 3.05) is 13.7 Å². The van der Waals surface area contributed by atoms with Gasteiger partial charge in [-0.3, -0.25) is 4.79 Å². The first-order chi connectivity index (χ1) is 9.65. The largest absolute Gasteiger partial charge is 0.493 e. The lowest BCUT2D eigenvalue weighted by Crippen LogP contribution is -2.36. The van der Waals surface area contributed by atoms with Gasteiger partial charge >= 0.3 is 0 Å². The van der Waals surface area contributed by atoms with Crippen LogP contribution in [0.1, 0.15) is 24.8 Å². The first-order valence-corrected chi connectivity index (χ1v) is 7.46. The summed E-state index contributed by atoms with van der Waals surface area (Å²) in [5.74, 6) is 1.06. The molecule has 1 amide bonds. The molecule has 20 heavy (non-hydrogen) atoms. The highest BCUT2D eigenvalue weighted by molar-refractivity contribution is 9.10. The topological polar surface area (TPSA) is 73.6 Å². The van der Waals surface area contributed by atoms with Crippen LogP contribution in [-0.4, -0.2) is 25.7 Å². The standard InChI is InChI=1S/C14H19BrN2O3/c1-19-12-7-9(8-16)6-10(15)13(12)20-11-4-2-3-5-17-14(11)18/h6-7,11H,2-5,8,16H2,1H3,(H,17,18). The van der Waals surface area contributed by atoms with Crippen molar-refractivity contribution in [2.45, 2.75) is 31.9 Å². The highest BCUT2D eigenvalue weighted by Crippen LogP contribution is 2.37. The maximum atomic E-state index is 11.9. The molecule has 1 aliphatic rings. The molecular weight excluding hydrogens is 324 g/mol. The van der Waals surface area contributed by atoms with Gasteiger partial charge in [-0.25, -0.2) is 0 Å². The van der Waals surface area contributed by atoms with Gasteiger partial charge in [0.2, 0.25) is 0 Å². The van der Waals surface area contributed by atoms with Crippen molar-refractivity contribution in [3.63, 3.8) is 0 Å². The van der Waals surface area contributed by atoms with Crippen molar-refractivity contribution in [2.24, 2.45) is 5.73 Å². The number of hydrogen-bond donors (Lipinski definition) is 2. The average Bonchev–Trinajstić information content (AvgIpc) is 2.65. The van der Waals surface area contributed by atoms with Crippen molar-refractivity contribution >= 4 is 21.8 Å². The fraction of sp³-hybridized carbons (Fsp3) is 0.500. The van der Waals surface area contributed by atoms with Crippen molar-refractivity contribution in [3.8, 4) is 11.5 Å². The number of amides is 1. The van der Waals surface area contributed by atoms with Crippen molar-refractivity contribution in [1.29, 1.82) is 0 Å². The second-order valence-electron chi connectivity index (χ2n) is 4.71. The molecule has 0 saturated carbocycles. The quantitative estimate of drug-likeness (QED) is 0.877. The van der Waals surface area contributed by atoms with Crippen LogP contribution in [0, 0.1) is 0 Å². The van der Waals surface area contributed by atoms with Crippen LogP contribution in [-0.2, 0) is 11.3 Å². The molecule has 0 spiro atoms. The summed E-state index contributed by atoms with van der Waals surface area (Å²) < 4.78 is 12.0. The number of carbonyl (C=O) groups is 1. The van der Waals surface area contributed by atoms with Gasteiger partial charge in [-0.1, -0.05) is 0 Å². The minimum atomic E-state index is -0.480. The number of methoxy groups -OCH3 is 1. The Bertz CT molecular complexity index is 494. The summed E-state index contributed by atoms with van der Waals surface area (Å²) in [4.78, 5) is 11.9. The monoisotopic (exact) mass is 342 g/mol. The van der Waals surface area contributed by atoms with Gasteiger partial charge in [0.05, 0.1) is 11.6 Å². The Labute approximate surface area is 126 Å². The van der Waals surface area contributed by atoms with Crippen molar-refractivity contribution in [3.05, 3.63) is 22.2 Å². The Morgan fingerprint density at radius 2 is 2.25 bits per heavy atom. The zero-order chi connectivity index (χ0) is 14.5. The van der Waals surface area contributed by atoms with E-state index in [2.05, 4.69) is 21.2 Å². The van der Waals surface area contributed by atoms with Crippen molar-refractivity contribution < 1.29 is 14.3 Å². The van der Waals surface area contributed by atoms with Gasteiger partial charge in [-0.2, -0.15) is 0 Å². The molecule has 6 heteroatoms. The molecule has 1 saturated heterocycles. The molecule has 1 fully saturated rings. The van der Waals surface area contributed by atoms with Gasteiger partial charge < -0.3 is 20.5 Å². The first-order valence-electron chi connectivity index (χ1n) is 6.66. The third kappa shape index (κ3) is 3.43. The van der Waals surface area contributed by atoms with E-state index in [1.54, 1.807) is 7.11 Å². The molecule has 5 nitrogen and oxygen atoms in total. The SMILES string of the molecule is COc1cc(CN)cc(Br)c1OC1CCCCNC1=O. The van der Waals surface area contributed by atoms with Crippen LogP contribution in [0.25, 0.3) is 0 Å². The van der Waals surface area contributed by atoms with Gasteiger partial charge in [0.25, 0.3) is 5.91 Å². The third-order valence-corrected chi connectivity index (χ3v) is 3.86. The molecule has 1 atom stereocenters. The van der Waals surface area contributed by atoms with Gasteiger partial charge in [-0.15, -0.1) is 0 Å². The molecule has 0 bridgehead atoms. The second-order valence-corrected chi connectivity index (χ2v) is 5.56. The normalized spacial score (nSPS) is 19.1. The Hall–Kier alpha value is -1.27. The van der Waals surface area contributed by atoms with E-state index in [1.165, 1.54) is 0 Å². The molecule has 2 rings (SSSR count). The smallest absolute Gasteiger partial charge is 0.261 e. The van der Waals surface area contributed by atoms with Gasteiger partial charge in [0.1, 0.15) is 0 Å². The van der Waals surface area contributed by atoms with Crippen LogP contribution in [0.15, 0.2) is 16.6 Å². The minimum Gasteiger partial charge on any atom is -0.493 e. The van der Waals surface area contributed by atoms with Crippen molar-refractivity contribution in [1.82, 2.24) is 5.32 Å². The Morgan fingerprint density at radius 3 is 2.95 bits per heavy atom. The molecular formula is C14H19BrN2O3. The van der Waals surface area contributed by atoms with E-state index < -0.39 is 6.10 Å². The highest BCUT2D eigenvalue weighted by Gasteiger charge is 2.25. The zero-order valence-corrected chi connectivity index (χ0v) is 13.0. The van der Waals surface area contributed by atoms with E-state index in [-0.39, 0.29) is 5.91 Å². The van der Waals surface area contributed by atoms with E-state index in [9.17, 15) is 4.79 Å². The average molecular weight is 343 g/mol. The molecule has 3 N–H and O–H groups in total. The van der Waals surface area contributed by atoms with Gasteiger partial charge in [-0.05, 0) is 52.9 Å². The summed E-state index contributed by atoms with van der Waals surface area (Å²) in [6.07, 6.45) is 2.17. The Morgan fingerprint density at radius 1 is 1.45 bits per heavy atom. The van der Waals surface area contributed by atoms with Gasteiger partial charge in [0, 0.05) is 13.1 Å². The summed E-state index contributed by atoms with van der Waals surface area (Å²) in [6, 6.07) is 3.71. The van der Waals surface area contributed by atoms with E-state index >= 15 is 0 Å². The molecule has 1 heterocycles. The number of halogens is 1. The molecule has 0 radical (unpaired) electrons. The summed E-state index contributed by atoms with van der Waals surface area (Å²) >= 11 is 3.45. The lowest BCUT2D eigenvalue weighted by atomic mass is 10.1. The lowest BCUT2D eigenvalue weighted by Gasteiger charge is -2.19. The number of nitrogens with two attached hydrogens (primary N) is 1. The molecule has 1 aliphatic heterocycles. The zero-order valence-electron chi connectivity index (χ0n) is 11.4. The molecule has 1 aromatic carbocycles. The van der Waals surface area contributed by atoms with E-state index in [0.717, 1.165) is 22.9 Å². The third-order valence-electron chi connectivity index (χ3n) is 3.27. The van der Waals surface area contributed by atoms with Crippen LogP contribution in [0.3, 0.4) is 0 Å². The van der Waals surface area contributed by atoms with Gasteiger partial charge in [0.15, 0.2) is 17.6 Å². The second kappa shape index (κ2) is 6.95. The highest BCUT2D eigenvalue weighted by atomic mass is 79.9. The van der Waals surface area contributed by atoms with Crippen LogP contribution >= 0.6 is 15.9 Å². The predicted molar refractivity (Wildman–Crippen MR) is 79.9 cm³/mol. The van der Waals surface area contributed by atoms with Crippen LogP contribution < -0.4 is 20.5 Å². The summed E-state index contributed by atoms with van der Waals surface area (Å²) in [7, 11) is 1.57.